The van der Waals surface area contributed by atoms with Gasteiger partial charge in [0.05, 0.1) is 49.1 Å². The van der Waals surface area contributed by atoms with E-state index < -0.39 is 6.10 Å². The summed E-state index contributed by atoms with van der Waals surface area (Å²) in [6, 6.07) is 7.47. The van der Waals surface area contributed by atoms with E-state index in [1.165, 1.54) is 13.0 Å². The molecule has 0 bridgehead atoms. The topological polar surface area (TPSA) is 133 Å². The van der Waals surface area contributed by atoms with Gasteiger partial charge in [-0.3, -0.25) is 14.4 Å². The largest absolute Gasteiger partial charge is 0.459 e. The molecule has 3 aliphatic heterocycles. The number of carbonyl (C=O) groups excluding carboxylic acids is 3. The van der Waals surface area contributed by atoms with Crippen LogP contribution in [0.2, 0.25) is 0 Å². The third kappa shape index (κ3) is 10.8. The average Bonchev–Trinajstić information content (AvgIpc) is 3.73. The number of amides is 2. The molecule has 0 aromatic heterocycles. The minimum absolute atomic E-state index is 0.0423. The van der Waals surface area contributed by atoms with Crippen molar-refractivity contribution in [2.24, 2.45) is 5.92 Å². The van der Waals surface area contributed by atoms with Crippen molar-refractivity contribution in [3.8, 4) is 0 Å². The Bertz CT molecular complexity index is 1300. The third-order valence-electron chi connectivity index (χ3n) is 8.98. The number of nitrogens with zero attached hydrogens (tertiary/aromatic N) is 1. The zero-order valence-corrected chi connectivity index (χ0v) is 28.1. The number of hydrogen-bond acceptors (Lipinski definition) is 8. The Morgan fingerprint density at radius 3 is 2.52 bits per heavy atom. The highest BCUT2D eigenvalue weighted by molar-refractivity contribution is 5.87. The number of benzene rings is 1. The number of carbonyl (C=O) groups is 3. The molecule has 3 N–H and O–H groups in total. The Morgan fingerprint density at radius 2 is 1.85 bits per heavy atom. The number of hydrogen-bond donors (Lipinski definition) is 2. The summed E-state index contributed by atoms with van der Waals surface area (Å²) in [6.07, 6.45) is 11.8. The van der Waals surface area contributed by atoms with Crippen LogP contribution in [0.1, 0.15) is 72.3 Å². The number of anilines is 1. The van der Waals surface area contributed by atoms with E-state index in [1.807, 2.05) is 38.2 Å². The van der Waals surface area contributed by atoms with Crippen molar-refractivity contribution in [1.29, 1.82) is 0 Å². The van der Waals surface area contributed by atoms with Gasteiger partial charge >= 0.3 is 5.97 Å². The third-order valence-corrected chi connectivity index (χ3v) is 8.98. The average molecular weight is 638 g/mol. The molecular weight excluding hydrogens is 586 g/mol. The van der Waals surface area contributed by atoms with E-state index in [9.17, 15) is 14.4 Å². The van der Waals surface area contributed by atoms with E-state index >= 15 is 0 Å². The van der Waals surface area contributed by atoms with Crippen LogP contribution in [-0.2, 0) is 39.9 Å². The monoisotopic (exact) mass is 637 g/mol. The van der Waals surface area contributed by atoms with E-state index in [0.717, 1.165) is 36.8 Å². The standard InChI is InChI=1S/C36H51N3O7/c1-23(8-15-33-24(2)17-32(26(4)45-33)38-34(41)16-9-25(3)44-27(5)40)7-14-30-19-36(22-43-36)20-31(46-30)18-35(42)39(6)21-28-10-12-29(37)13-11-28/h7-14,16,24-26,30-33H,15,17-22,37H2,1-6H3,(H,38,41)/b14-7+,16-9-,23-8+/t24-,25-,26+,30+,31+,32+,33-,36+/m0/s1. The molecule has 0 radical (unpaired) electrons. The van der Waals surface area contributed by atoms with Crippen LogP contribution in [0.15, 0.2) is 60.2 Å². The van der Waals surface area contributed by atoms with E-state index in [4.69, 9.17) is 24.7 Å². The molecule has 3 heterocycles. The van der Waals surface area contributed by atoms with Crippen molar-refractivity contribution in [2.45, 2.75) is 115 Å². The first kappa shape index (κ1) is 35.4. The van der Waals surface area contributed by atoms with Crippen LogP contribution in [0.4, 0.5) is 5.69 Å². The normalized spacial score (nSPS) is 30.3. The van der Waals surface area contributed by atoms with Gasteiger partial charge in [-0.2, -0.15) is 0 Å². The van der Waals surface area contributed by atoms with Gasteiger partial charge in [0, 0.05) is 45.1 Å². The lowest BCUT2D eigenvalue weighted by molar-refractivity contribution is -0.143. The van der Waals surface area contributed by atoms with Gasteiger partial charge in [-0.1, -0.05) is 42.9 Å². The molecule has 1 aromatic rings. The number of allylic oxidation sites excluding steroid dienone is 2. The molecule has 0 unspecified atom stereocenters. The van der Waals surface area contributed by atoms with E-state index in [-0.39, 0.29) is 59.8 Å². The molecule has 1 aromatic carbocycles. The van der Waals surface area contributed by atoms with Gasteiger partial charge in [0.15, 0.2) is 0 Å². The summed E-state index contributed by atoms with van der Waals surface area (Å²) in [5, 5.41) is 3.03. The Kier molecular flexibility index (Phi) is 12.2. The molecule has 3 aliphatic rings. The van der Waals surface area contributed by atoms with Crippen LogP contribution in [0.3, 0.4) is 0 Å². The van der Waals surface area contributed by atoms with E-state index in [0.29, 0.717) is 25.3 Å². The van der Waals surface area contributed by atoms with Gasteiger partial charge < -0.3 is 34.9 Å². The lowest BCUT2D eigenvalue weighted by Gasteiger charge is -2.39. The summed E-state index contributed by atoms with van der Waals surface area (Å²) in [5.41, 5.74) is 8.45. The fraction of sp³-hybridized carbons (Fsp3) is 0.583. The highest BCUT2D eigenvalue weighted by atomic mass is 16.6. The Labute approximate surface area is 273 Å². The predicted octanol–water partition coefficient (Wildman–Crippen LogP) is 4.63. The Morgan fingerprint density at radius 1 is 1.13 bits per heavy atom. The maximum absolute atomic E-state index is 13.0. The van der Waals surface area contributed by atoms with Crippen LogP contribution >= 0.6 is 0 Å². The maximum atomic E-state index is 13.0. The van der Waals surface area contributed by atoms with Crippen LogP contribution in [0, 0.1) is 5.92 Å². The van der Waals surface area contributed by atoms with E-state index in [2.05, 4.69) is 37.4 Å². The quantitative estimate of drug-likeness (QED) is 0.111. The van der Waals surface area contributed by atoms with Gasteiger partial charge in [0.1, 0.15) is 6.10 Å². The van der Waals surface area contributed by atoms with Gasteiger partial charge in [0.2, 0.25) is 11.8 Å². The maximum Gasteiger partial charge on any atom is 0.303 e. The highest BCUT2D eigenvalue weighted by Gasteiger charge is 2.51. The fourth-order valence-corrected chi connectivity index (χ4v) is 6.21. The second-order valence-corrected chi connectivity index (χ2v) is 13.3. The molecule has 10 heteroatoms. The number of esters is 1. The van der Waals surface area contributed by atoms with Crippen LogP contribution in [-0.4, -0.2) is 78.5 Å². The lowest BCUT2D eigenvalue weighted by Crippen LogP contribution is -2.50. The number of rotatable bonds is 12. The number of epoxide rings is 1. The molecule has 4 rings (SSSR count). The molecule has 2 amide bonds. The Balaban J connectivity index is 1.24. The number of nitrogens with two attached hydrogens (primary N) is 1. The van der Waals surface area contributed by atoms with Crippen molar-refractivity contribution in [2.75, 3.05) is 19.4 Å². The number of ether oxygens (including phenoxy) is 4. The SMILES string of the molecule is CC(=O)O[C@@H](C)/C=C\C(=O)N[C@@H]1C[C@H](C)[C@H](C/C=C(C)/C=C/[C@@H]2C[C@]3(CO3)C[C@@H](CC(=O)N(C)Cc3ccc(N)cc3)O2)O[C@@H]1C. The van der Waals surface area contributed by atoms with Crippen LogP contribution < -0.4 is 11.1 Å². The molecule has 3 saturated heterocycles. The summed E-state index contributed by atoms with van der Waals surface area (Å²) in [4.78, 5) is 38.3. The lowest BCUT2D eigenvalue weighted by atomic mass is 9.88. The minimum Gasteiger partial charge on any atom is -0.459 e. The van der Waals surface area contributed by atoms with Crippen LogP contribution in [0.5, 0.6) is 0 Å². The first-order chi connectivity index (χ1) is 21.8. The molecular formula is C36H51N3O7. The summed E-state index contributed by atoms with van der Waals surface area (Å²) < 4.78 is 23.6. The van der Waals surface area contributed by atoms with Gasteiger partial charge in [0.25, 0.3) is 0 Å². The zero-order chi connectivity index (χ0) is 33.4. The second-order valence-electron chi connectivity index (χ2n) is 13.3. The van der Waals surface area contributed by atoms with Crippen molar-refractivity contribution in [1.82, 2.24) is 10.2 Å². The zero-order valence-electron chi connectivity index (χ0n) is 28.1. The Hall–Kier alpha value is -3.47. The molecule has 0 aliphatic carbocycles. The summed E-state index contributed by atoms with van der Waals surface area (Å²) in [7, 11) is 1.82. The molecule has 8 atom stereocenters. The summed E-state index contributed by atoms with van der Waals surface area (Å²) >= 11 is 0. The van der Waals surface area contributed by atoms with Crippen molar-refractivity contribution in [3.63, 3.8) is 0 Å². The molecule has 3 fully saturated rings. The molecule has 1 spiro atoms. The van der Waals surface area contributed by atoms with Gasteiger partial charge in [-0.05, 0) is 63.3 Å². The second kappa shape index (κ2) is 15.9. The number of nitrogens with one attached hydrogen (secondary N) is 1. The molecule has 0 saturated carbocycles. The first-order valence-corrected chi connectivity index (χ1v) is 16.3. The van der Waals surface area contributed by atoms with E-state index in [1.54, 1.807) is 17.9 Å². The molecule has 46 heavy (non-hydrogen) atoms. The smallest absolute Gasteiger partial charge is 0.303 e. The van der Waals surface area contributed by atoms with Crippen molar-refractivity contribution >= 4 is 23.5 Å². The highest BCUT2D eigenvalue weighted by Crippen LogP contribution is 2.43. The minimum atomic E-state index is -0.465. The van der Waals surface area contributed by atoms with Crippen LogP contribution in [0.25, 0.3) is 0 Å². The summed E-state index contributed by atoms with van der Waals surface area (Å²) in [6.45, 7) is 10.5. The molecule has 10 nitrogen and oxygen atoms in total. The summed E-state index contributed by atoms with van der Waals surface area (Å²) in [5.74, 6) is -0.321. The predicted molar refractivity (Wildman–Crippen MR) is 176 cm³/mol. The fourth-order valence-electron chi connectivity index (χ4n) is 6.21. The molecule has 252 valence electrons. The van der Waals surface area contributed by atoms with Gasteiger partial charge in [-0.15, -0.1) is 0 Å². The van der Waals surface area contributed by atoms with Crippen molar-refractivity contribution in [3.05, 3.63) is 65.8 Å². The van der Waals surface area contributed by atoms with Gasteiger partial charge in [-0.25, -0.2) is 0 Å². The van der Waals surface area contributed by atoms with Crippen molar-refractivity contribution < 1.29 is 33.3 Å². The first-order valence-electron chi connectivity index (χ1n) is 16.3. The number of nitrogen functional groups attached to an aromatic ring is 1.